The Morgan fingerprint density at radius 3 is 2.23 bits per heavy atom. The van der Waals surface area contributed by atoms with Crippen LogP contribution >= 0.6 is 0 Å². The molecule has 0 atom stereocenters. The van der Waals surface area contributed by atoms with E-state index in [1.54, 1.807) is 0 Å². The van der Waals surface area contributed by atoms with Crippen LogP contribution in [0.3, 0.4) is 0 Å². The molecule has 0 radical (unpaired) electrons. The fourth-order valence-electron chi connectivity index (χ4n) is 1.60. The van der Waals surface area contributed by atoms with Crippen LogP contribution in [-0.2, 0) is 6.54 Å². The minimum absolute atomic E-state index is 0.623. The molecule has 0 spiro atoms. The Labute approximate surface area is 80.6 Å². The molecule has 0 aromatic heterocycles. The lowest BCUT2D eigenvalue weighted by Crippen LogP contribution is -2.35. The monoisotopic (exact) mass is 179 g/mol. The third kappa shape index (κ3) is 2.29. The number of aryl methyl sites for hydroxylation is 1. The number of rotatable bonds is 2. The highest BCUT2D eigenvalue weighted by Crippen LogP contribution is 2.22. The van der Waals surface area contributed by atoms with Gasteiger partial charge in [-0.25, -0.2) is 0 Å². The molecule has 1 aromatic carbocycles. The van der Waals surface area contributed by atoms with Crippen molar-refractivity contribution in [2.75, 3.05) is 21.1 Å². The second kappa shape index (κ2) is 3.48. The molecule has 0 aliphatic rings. The highest BCUT2D eigenvalue weighted by atomic mass is 15.3. The second-order valence-electron chi connectivity index (χ2n) is 4.34. The summed E-state index contributed by atoms with van der Waals surface area (Å²) in [6.45, 7) is 2.76. The minimum atomic E-state index is 0.623. The summed E-state index contributed by atoms with van der Waals surface area (Å²) in [6, 6.07) is 6.43. The van der Waals surface area contributed by atoms with Gasteiger partial charge in [-0.05, 0) is 24.6 Å². The highest BCUT2D eigenvalue weighted by Gasteiger charge is 2.14. The first-order valence-electron chi connectivity index (χ1n) is 4.57. The summed E-state index contributed by atoms with van der Waals surface area (Å²) >= 11 is 0. The summed E-state index contributed by atoms with van der Waals surface area (Å²) in [5.74, 6) is 0. The number of nitrogens with two attached hydrogens (primary N) is 1. The minimum Gasteiger partial charge on any atom is -0.326 e. The summed E-state index contributed by atoms with van der Waals surface area (Å²) in [6.07, 6.45) is 0. The molecule has 2 nitrogen and oxygen atoms in total. The Morgan fingerprint density at radius 2 is 1.85 bits per heavy atom. The van der Waals surface area contributed by atoms with Gasteiger partial charge in [0.25, 0.3) is 0 Å². The summed E-state index contributed by atoms with van der Waals surface area (Å²) in [4.78, 5) is 0. The number of nitrogens with zero attached hydrogens (tertiary/aromatic N) is 1. The van der Waals surface area contributed by atoms with Gasteiger partial charge >= 0.3 is 0 Å². The van der Waals surface area contributed by atoms with Gasteiger partial charge in [0.1, 0.15) is 5.69 Å². The molecule has 0 bridgehead atoms. The van der Waals surface area contributed by atoms with Crippen LogP contribution in [0.15, 0.2) is 18.2 Å². The molecule has 2 N–H and O–H groups in total. The molecule has 0 saturated heterocycles. The summed E-state index contributed by atoms with van der Waals surface area (Å²) in [5.41, 5.74) is 9.44. The number of quaternary nitrogens is 1. The van der Waals surface area contributed by atoms with E-state index in [0.29, 0.717) is 6.54 Å². The van der Waals surface area contributed by atoms with Crippen LogP contribution in [0, 0.1) is 6.92 Å². The Balaban J connectivity index is 3.13. The third-order valence-electron chi connectivity index (χ3n) is 2.22. The van der Waals surface area contributed by atoms with Crippen LogP contribution in [0.25, 0.3) is 0 Å². The number of benzene rings is 1. The normalized spacial score (nSPS) is 11.8. The van der Waals surface area contributed by atoms with E-state index < -0.39 is 0 Å². The van der Waals surface area contributed by atoms with Crippen molar-refractivity contribution >= 4 is 5.69 Å². The Kier molecular flexibility index (Phi) is 2.74. The van der Waals surface area contributed by atoms with Crippen molar-refractivity contribution in [1.29, 1.82) is 0 Å². The van der Waals surface area contributed by atoms with E-state index >= 15 is 0 Å². The van der Waals surface area contributed by atoms with Gasteiger partial charge in [0, 0.05) is 12.1 Å². The lowest BCUT2D eigenvalue weighted by atomic mass is 10.1. The lowest BCUT2D eigenvalue weighted by molar-refractivity contribution is 0.484. The van der Waals surface area contributed by atoms with Crippen LogP contribution in [0.4, 0.5) is 5.69 Å². The summed E-state index contributed by atoms with van der Waals surface area (Å²) in [7, 11) is 6.51. The van der Waals surface area contributed by atoms with E-state index in [-0.39, 0.29) is 0 Å². The maximum atomic E-state index is 5.57. The third-order valence-corrected chi connectivity index (χ3v) is 2.22. The SMILES string of the molecule is Cc1cc(CN)ccc1[N+](C)(C)C. The van der Waals surface area contributed by atoms with Gasteiger partial charge in [-0.1, -0.05) is 6.07 Å². The molecule has 0 heterocycles. The molecule has 2 heteroatoms. The average molecular weight is 179 g/mol. The molecule has 1 aromatic rings. The van der Waals surface area contributed by atoms with E-state index in [1.807, 2.05) is 0 Å². The summed E-state index contributed by atoms with van der Waals surface area (Å²) in [5, 5.41) is 0. The van der Waals surface area contributed by atoms with Crippen LogP contribution in [0.5, 0.6) is 0 Å². The molecule has 0 saturated carbocycles. The van der Waals surface area contributed by atoms with Crippen LogP contribution in [0.1, 0.15) is 11.1 Å². The maximum absolute atomic E-state index is 5.57. The van der Waals surface area contributed by atoms with Gasteiger partial charge in [0.15, 0.2) is 0 Å². The Hall–Kier alpha value is -0.860. The van der Waals surface area contributed by atoms with Crippen molar-refractivity contribution in [3.8, 4) is 0 Å². The highest BCUT2D eigenvalue weighted by molar-refractivity contribution is 5.50. The zero-order valence-corrected chi connectivity index (χ0v) is 8.96. The fourth-order valence-corrected chi connectivity index (χ4v) is 1.60. The zero-order chi connectivity index (χ0) is 10.1. The van der Waals surface area contributed by atoms with Crippen molar-refractivity contribution in [2.24, 2.45) is 5.73 Å². The van der Waals surface area contributed by atoms with E-state index in [9.17, 15) is 0 Å². The van der Waals surface area contributed by atoms with Gasteiger partial charge in [-0.15, -0.1) is 0 Å². The predicted octanol–water partition coefficient (Wildman–Crippen LogP) is 1.65. The van der Waals surface area contributed by atoms with E-state index in [4.69, 9.17) is 5.73 Å². The van der Waals surface area contributed by atoms with Crippen molar-refractivity contribution in [1.82, 2.24) is 4.48 Å². The molecule has 1 rings (SSSR count). The molecule has 0 aliphatic carbocycles. The van der Waals surface area contributed by atoms with E-state index in [2.05, 4.69) is 46.3 Å². The van der Waals surface area contributed by atoms with Crippen molar-refractivity contribution < 1.29 is 0 Å². The number of hydrogen-bond donors (Lipinski definition) is 1. The van der Waals surface area contributed by atoms with Crippen molar-refractivity contribution in [3.05, 3.63) is 29.3 Å². The van der Waals surface area contributed by atoms with Crippen molar-refractivity contribution in [3.63, 3.8) is 0 Å². The molecule has 0 fully saturated rings. The smallest absolute Gasteiger partial charge is 0.135 e. The van der Waals surface area contributed by atoms with Crippen LogP contribution in [-0.4, -0.2) is 21.1 Å². The first-order valence-corrected chi connectivity index (χ1v) is 4.57. The molecule has 72 valence electrons. The van der Waals surface area contributed by atoms with E-state index in [1.165, 1.54) is 16.8 Å². The molecule has 0 aliphatic heterocycles. The molecule has 13 heavy (non-hydrogen) atoms. The molecular formula is C11H19N2+. The Bertz CT molecular complexity index is 297. The molecule has 0 amide bonds. The van der Waals surface area contributed by atoms with Crippen molar-refractivity contribution in [2.45, 2.75) is 13.5 Å². The van der Waals surface area contributed by atoms with Gasteiger partial charge in [0.05, 0.1) is 21.1 Å². The predicted molar refractivity (Wildman–Crippen MR) is 58.6 cm³/mol. The second-order valence-corrected chi connectivity index (χ2v) is 4.34. The van der Waals surface area contributed by atoms with Gasteiger partial charge in [-0.2, -0.15) is 0 Å². The quantitative estimate of drug-likeness (QED) is 0.686. The molecular weight excluding hydrogens is 160 g/mol. The maximum Gasteiger partial charge on any atom is 0.135 e. The van der Waals surface area contributed by atoms with Gasteiger partial charge in [-0.3, -0.25) is 4.48 Å². The fraction of sp³-hybridized carbons (Fsp3) is 0.455. The Morgan fingerprint density at radius 1 is 1.23 bits per heavy atom. The number of hydrogen-bond acceptors (Lipinski definition) is 1. The average Bonchev–Trinajstić information content (AvgIpc) is 2.01. The van der Waals surface area contributed by atoms with E-state index in [0.717, 1.165) is 4.48 Å². The van der Waals surface area contributed by atoms with Crippen LogP contribution < -0.4 is 10.2 Å². The standard InChI is InChI=1S/C11H19N2/c1-9-7-10(8-12)5-6-11(9)13(2,3)4/h5-7H,8,12H2,1-4H3/q+1. The van der Waals surface area contributed by atoms with Gasteiger partial charge < -0.3 is 5.73 Å². The lowest BCUT2D eigenvalue weighted by Gasteiger charge is -2.25. The first-order chi connectivity index (χ1) is 5.95. The molecule has 0 unspecified atom stereocenters. The van der Waals surface area contributed by atoms with Crippen LogP contribution in [0.2, 0.25) is 0 Å². The topological polar surface area (TPSA) is 26.0 Å². The zero-order valence-electron chi connectivity index (χ0n) is 8.96. The van der Waals surface area contributed by atoms with Gasteiger partial charge in [0.2, 0.25) is 0 Å². The summed E-state index contributed by atoms with van der Waals surface area (Å²) < 4.78 is 0.858. The largest absolute Gasteiger partial charge is 0.326 e. The first kappa shape index (κ1) is 10.2.